The van der Waals surface area contributed by atoms with Gasteiger partial charge in [0.25, 0.3) is 0 Å². The quantitative estimate of drug-likeness (QED) is 0.895. The van der Waals surface area contributed by atoms with Crippen molar-refractivity contribution >= 4 is 23.3 Å². The van der Waals surface area contributed by atoms with Gasteiger partial charge in [-0.05, 0) is 23.8 Å². The van der Waals surface area contributed by atoms with Crippen molar-refractivity contribution in [1.82, 2.24) is 4.98 Å². The zero-order valence-corrected chi connectivity index (χ0v) is 10.7. The Hall–Kier alpha value is -2.69. The van der Waals surface area contributed by atoms with Crippen LogP contribution in [0.25, 0.3) is 0 Å². The highest BCUT2D eigenvalue weighted by Gasteiger charge is 2.31. The molecule has 2 N–H and O–H groups in total. The number of benzene rings is 1. The smallest absolute Gasteiger partial charge is 0.232 e. The number of aromatic nitrogens is 1. The molecule has 1 aliphatic rings. The fourth-order valence-corrected chi connectivity index (χ4v) is 2.29. The van der Waals surface area contributed by atoms with Crippen molar-refractivity contribution < 1.29 is 9.59 Å². The van der Waals surface area contributed by atoms with E-state index in [1.165, 1.54) is 0 Å². The number of nitrogens with zero attached hydrogens (tertiary/aromatic N) is 1. The maximum atomic E-state index is 12.0. The number of nitrogens with one attached hydrogen (secondary N) is 2. The molecule has 1 atom stereocenters. The summed E-state index contributed by atoms with van der Waals surface area (Å²) in [5.74, 6) is -0.304. The largest absolute Gasteiger partial charge is 0.325 e. The predicted octanol–water partition coefficient (Wildman–Crippen LogP) is 2.15. The molecule has 2 aromatic rings. The van der Waals surface area contributed by atoms with Crippen molar-refractivity contribution in [1.29, 1.82) is 0 Å². The lowest BCUT2D eigenvalue weighted by molar-refractivity contribution is -0.122. The van der Waals surface area contributed by atoms with Gasteiger partial charge in [0.1, 0.15) is 5.82 Å². The molecule has 2 amide bonds. The summed E-state index contributed by atoms with van der Waals surface area (Å²) in [6, 6.07) is 12.7. The van der Waals surface area contributed by atoms with Crippen LogP contribution in [0.2, 0.25) is 0 Å². The van der Waals surface area contributed by atoms with Crippen LogP contribution in [0, 0.1) is 0 Å². The molecule has 0 aliphatic carbocycles. The number of carbonyl (C=O) groups is 2. The normalized spacial score (nSPS) is 16.4. The molecule has 2 heterocycles. The summed E-state index contributed by atoms with van der Waals surface area (Å²) >= 11 is 0. The molecule has 1 unspecified atom stereocenters. The van der Waals surface area contributed by atoms with Gasteiger partial charge in [0, 0.05) is 18.3 Å². The first-order chi connectivity index (χ1) is 9.74. The minimum Gasteiger partial charge on any atom is -0.325 e. The Morgan fingerprint density at radius 2 is 2.00 bits per heavy atom. The minimum atomic E-state index is -0.435. The predicted molar refractivity (Wildman–Crippen MR) is 75.3 cm³/mol. The Kier molecular flexibility index (Phi) is 3.16. The van der Waals surface area contributed by atoms with Crippen LogP contribution in [0.15, 0.2) is 48.7 Å². The van der Waals surface area contributed by atoms with E-state index in [0.717, 1.165) is 11.3 Å². The van der Waals surface area contributed by atoms with Gasteiger partial charge in [0.2, 0.25) is 11.8 Å². The summed E-state index contributed by atoms with van der Waals surface area (Å²) in [6.45, 7) is 0. The maximum Gasteiger partial charge on any atom is 0.232 e. The monoisotopic (exact) mass is 267 g/mol. The van der Waals surface area contributed by atoms with Gasteiger partial charge in [-0.25, -0.2) is 4.98 Å². The summed E-state index contributed by atoms with van der Waals surface area (Å²) in [6.07, 6.45) is 1.71. The molecule has 1 aromatic carbocycles. The second kappa shape index (κ2) is 5.13. The van der Waals surface area contributed by atoms with E-state index < -0.39 is 5.92 Å². The van der Waals surface area contributed by atoms with Crippen molar-refractivity contribution in [3.05, 3.63) is 54.2 Å². The lowest BCUT2D eigenvalue weighted by Gasteiger charge is -2.09. The standard InChI is InChI=1S/C15H13N3O2/c19-14(18-13-7-3-4-8-16-13)9-11-10-5-1-2-6-12(10)17-15(11)20/h1-8,11H,9H2,(H,17,20)(H,16,18,19). The van der Waals surface area contributed by atoms with Gasteiger partial charge in [-0.3, -0.25) is 9.59 Å². The fourth-order valence-electron chi connectivity index (χ4n) is 2.29. The summed E-state index contributed by atoms with van der Waals surface area (Å²) < 4.78 is 0. The average Bonchev–Trinajstić information content (AvgIpc) is 2.76. The minimum absolute atomic E-state index is 0.111. The lowest BCUT2D eigenvalue weighted by Crippen LogP contribution is -2.20. The Morgan fingerprint density at radius 1 is 1.20 bits per heavy atom. The Bertz CT molecular complexity index is 655. The molecule has 0 saturated heterocycles. The Morgan fingerprint density at radius 3 is 2.80 bits per heavy atom. The van der Waals surface area contributed by atoms with Crippen molar-refractivity contribution in [2.75, 3.05) is 10.6 Å². The van der Waals surface area contributed by atoms with Crippen LogP contribution in [0.4, 0.5) is 11.5 Å². The van der Waals surface area contributed by atoms with E-state index in [1.54, 1.807) is 24.4 Å². The average molecular weight is 267 g/mol. The molecule has 0 saturated carbocycles. The third kappa shape index (κ3) is 2.38. The zero-order chi connectivity index (χ0) is 13.9. The van der Waals surface area contributed by atoms with Gasteiger partial charge in [0.15, 0.2) is 0 Å². The van der Waals surface area contributed by atoms with E-state index in [0.29, 0.717) is 5.82 Å². The van der Waals surface area contributed by atoms with E-state index in [1.807, 2.05) is 24.3 Å². The number of fused-ring (bicyclic) bond motifs is 1. The molecule has 100 valence electrons. The van der Waals surface area contributed by atoms with Crippen LogP contribution >= 0.6 is 0 Å². The van der Waals surface area contributed by atoms with Crippen LogP contribution in [0.5, 0.6) is 0 Å². The first kappa shape index (κ1) is 12.3. The molecular formula is C15H13N3O2. The van der Waals surface area contributed by atoms with Crippen molar-refractivity contribution in [2.24, 2.45) is 0 Å². The van der Waals surface area contributed by atoms with Gasteiger partial charge in [0.05, 0.1) is 5.92 Å². The molecule has 20 heavy (non-hydrogen) atoms. The molecule has 5 nitrogen and oxygen atoms in total. The van der Waals surface area contributed by atoms with E-state index in [9.17, 15) is 9.59 Å². The first-order valence-corrected chi connectivity index (χ1v) is 6.35. The molecule has 0 spiro atoms. The Balaban J connectivity index is 1.72. The van der Waals surface area contributed by atoms with Gasteiger partial charge >= 0.3 is 0 Å². The lowest BCUT2D eigenvalue weighted by atomic mass is 9.97. The number of pyridine rings is 1. The molecule has 1 aliphatic heterocycles. The molecule has 5 heteroatoms. The Labute approximate surface area is 116 Å². The SMILES string of the molecule is O=C(CC1C(=O)Nc2ccccc21)Nc1ccccn1. The highest BCUT2D eigenvalue weighted by Crippen LogP contribution is 2.34. The van der Waals surface area contributed by atoms with Crippen molar-refractivity contribution in [3.8, 4) is 0 Å². The van der Waals surface area contributed by atoms with E-state index in [4.69, 9.17) is 0 Å². The van der Waals surface area contributed by atoms with Gasteiger partial charge in [-0.2, -0.15) is 0 Å². The van der Waals surface area contributed by atoms with Gasteiger partial charge in [-0.15, -0.1) is 0 Å². The van der Waals surface area contributed by atoms with Crippen LogP contribution < -0.4 is 10.6 Å². The van der Waals surface area contributed by atoms with Crippen LogP contribution in [0.1, 0.15) is 17.9 Å². The third-order valence-electron chi connectivity index (χ3n) is 3.23. The van der Waals surface area contributed by atoms with Gasteiger partial charge < -0.3 is 10.6 Å². The molecule has 0 bridgehead atoms. The van der Waals surface area contributed by atoms with E-state index in [2.05, 4.69) is 15.6 Å². The topological polar surface area (TPSA) is 71.1 Å². The van der Waals surface area contributed by atoms with Gasteiger partial charge in [-0.1, -0.05) is 24.3 Å². The van der Waals surface area contributed by atoms with Crippen molar-refractivity contribution in [2.45, 2.75) is 12.3 Å². The molecule has 1 aromatic heterocycles. The van der Waals surface area contributed by atoms with Crippen LogP contribution in [-0.4, -0.2) is 16.8 Å². The number of anilines is 2. The van der Waals surface area contributed by atoms with E-state index in [-0.39, 0.29) is 18.2 Å². The summed E-state index contributed by atoms with van der Waals surface area (Å²) in [4.78, 5) is 27.9. The number of hydrogen-bond donors (Lipinski definition) is 2. The van der Waals surface area contributed by atoms with Crippen LogP contribution in [-0.2, 0) is 9.59 Å². The fraction of sp³-hybridized carbons (Fsp3) is 0.133. The summed E-state index contributed by atoms with van der Waals surface area (Å²) in [5, 5.41) is 5.47. The number of hydrogen-bond acceptors (Lipinski definition) is 3. The summed E-state index contributed by atoms with van der Waals surface area (Å²) in [7, 11) is 0. The second-order valence-corrected chi connectivity index (χ2v) is 4.60. The van der Waals surface area contributed by atoms with Crippen molar-refractivity contribution in [3.63, 3.8) is 0 Å². The maximum absolute atomic E-state index is 12.0. The summed E-state index contributed by atoms with van der Waals surface area (Å²) in [5.41, 5.74) is 1.65. The molecule has 3 rings (SSSR count). The number of rotatable bonds is 3. The number of amides is 2. The number of para-hydroxylation sites is 1. The third-order valence-corrected chi connectivity index (χ3v) is 3.23. The molecular weight excluding hydrogens is 254 g/mol. The van der Waals surface area contributed by atoms with E-state index >= 15 is 0 Å². The zero-order valence-electron chi connectivity index (χ0n) is 10.7. The number of carbonyl (C=O) groups excluding carboxylic acids is 2. The van der Waals surface area contributed by atoms with Crippen LogP contribution in [0.3, 0.4) is 0 Å². The highest BCUT2D eigenvalue weighted by atomic mass is 16.2. The second-order valence-electron chi connectivity index (χ2n) is 4.60. The molecule has 0 fully saturated rings. The highest BCUT2D eigenvalue weighted by molar-refractivity contribution is 6.06. The first-order valence-electron chi connectivity index (χ1n) is 6.35. The molecule has 0 radical (unpaired) electrons.